The largest absolute Gasteiger partial charge is 0.497 e. The lowest BCUT2D eigenvalue weighted by atomic mass is 9.86. The van der Waals surface area contributed by atoms with Crippen molar-refractivity contribution in [3.63, 3.8) is 0 Å². The minimum Gasteiger partial charge on any atom is -0.497 e. The molecule has 0 radical (unpaired) electrons. The molecule has 0 aliphatic carbocycles. The zero-order valence-corrected chi connectivity index (χ0v) is 23.7. The van der Waals surface area contributed by atoms with Crippen molar-refractivity contribution in [2.45, 2.75) is 65.1 Å². The van der Waals surface area contributed by atoms with Crippen LogP contribution in [0.15, 0.2) is 78.9 Å². The lowest BCUT2D eigenvalue weighted by Crippen LogP contribution is -2.38. The van der Waals surface area contributed by atoms with Crippen molar-refractivity contribution >= 4 is 0 Å². The molecule has 3 rings (SSSR count). The van der Waals surface area contributed by atoms with Gasteiger partial charge in [0.15, 0.2) is 6.29 Å². The van der Waals surface area contributed by atoms with E-state index in [1.54, 1.807) is 7.11 Å². The van der Waals surface area contributed by atoms with Crippen LogP contribution in [0.25, 0.3) is 0 Å². The average molecular weight is 539 g/mol. The van der Waals surface area contributed by atoms with Crippen molar-refractivity contribution in [2.75, 3.05) is 26.9 Å². The second-order valence-corrected chi connectivity index (χ2v) is 9.59. The molecule has 0 aliphatic rings. The molecule has 0 amide bonds. The van der Waals surface area contributed by atoms with Crippen molar-refractivity contribution in [2.24, 2.45) is 5.92 Å². The Bertz CT molecular complexity index is 1040. The van der Waals surface area contributed by atoms with Crippen molar-refractivity contribution in [1.29, 1.82) is 0 Å². The summed E-state index contributed by atoms with van der Waals surface area (Å²) in [6.07, 6.45) is 1.67. The van der Waals surface area contributed by atoms with Crippen molar-refractivity contribution in [3.8, 4) is 5.75 Å². The van der Waals surface area contributed by atoms with Gasteiger partial charge in [0.2, 0.25) is 0 Å². The zero-order chi connectivity index (χ0) is 27.9. The Morgan fingerprint density at radius 2 is 1.36 bits per heavy atom. The van der Waals surface area contributed by atoms with Gasteiger partial charge >= 0.3 is 0 Å². The minimum atomic E-state index is -0.429. The molecule has 0 saturated heterocycles. The van der Waals surface area contributed by atoms with Gasteiger partial charge in [-0.2, -0.15) is 0 Å². The van der Waals surface area contributed by atoms with Crippen LogP contribution in [0, 0.1) is 11.7 Å². The number of benzene rings is 3. The zero-order valence-electron chi connectivity index (χ0n) is 23.7. The van der Waals surface area contributed by atoms with Crippen molar-refractivity contribution in [3.05, 3.63) is 101 Å². The molecule has 0 heterocycles. The predicted octanol–water partition coefficient (Wildman–Crippen LogP) is 7.02. The second-order valence-electron chi connectivity index (χ2n) is 9.59. The fourth-order valence-electron chi connectivity index (χ4n) is 4.66. The van der Waals surface area contributed by atoms with E-state index in [9.17, 15) is 4.39 Å². The molecular formula is C33H43FO5. The van der Waals surface area contributed by atoms with Crippen LogP contribution in [0.3, 0.4) is 0 Å². The molecule has 6 heteroatoms. The Labute approximate surface area is 233 Å². The first-order valence-electron chi connectivity index (χ1n) is 13.9. The van der Waals surface area contributed by atoms with Gasteiger partial charge in [0.25, 0.3) is 0 Å². The Balaban J connectivity index is 1.81. The third-order valence-corrected chi connectivity index (χ3v) is 6.85. The highest BCUT2D eigenvalue weighted by atomic mass is 19.1. The third-order valence-electron chi connectivity index (χ3n) is 6.85. The SMILES string of the molecule is CCOC(CO[C@H](CCc1ccccc1)[C@@H](Cc1ccc(F)cc1)[C@H](C)OCc1ccc(OC)cc1)OCC. The molecule has 3 atom stereocenters. The smallest absolute Gasteiger partial charge is 0.180 e. The summed E-state index contributed by atoms with van der Waals surface area (Å²) in [6, 6.07) is 25.0. The molecule has 0 fully saturated rings. The summed E-state index contributed by atoms with van der Waals surface area (Å²) in [4.78, 5) is 0. The summed E-state index contributed by atoms with van der Waals surface area (Å²) in [5.74, 6) is 0.585. The number of hydrogen-bond acceptors (Lipinski definition) is 5. The molecule has 5 nitrogen and oxygen atoms in total. The highest BCUT2D eigenvalue weighted by Crippen LogP contribution is 2.27. The molecule has 0 saturated carbocycles. The fraction of sp³-hybridized carbons (Fsp3) is 0.455. The highest BCUT2D eigenvalue weighted by molar-refractivity contribution is 5.26. The molecule has 39 heavy (non-hydrogen) atoms. The summed E-state index contributed by atoms with van der Waals surface area (Å²) in [5, 5.41) is 0. The maximum atomic E-state index is 13.7. The molecule has 0 aromatic heterocycles. The normalized spacial score (nSPS) is 13.8. The molecular weight excluding hydrogens is 495 g/mol. The number of aryl methyl sites for hydroxylation is 1. The molecule has 0 N–H and O–H groups in total. The van der Waals surface area contributed by atoms with Gasteiger partial charge in [0.1, 0.15) is 11.6 Å². The second kappa shape index (κ2) is 17.0. The van der Waals surface area contributed by atoms with Crippen LogP contribution in [-0.4, -0.2) is 45.4 Å². The van der Waals surface area contributed by atoms with Gasteiger partial charge in [-0.1, -0.05) is 54.6 Å². The average Bonchev–Trinajstić information content (AvgIpc) is 2.97. The predicted molar refractivity (Wildman–Crippen MR) is 152 cm³/mol. The Morgan fingerprint density at radius 1 is 0.718 bits per heavy atom. The van der Waals surface area contributed by atoms with E-state index in [0.29, 0.717) is 32.8 Å². The summed E-state index contributed by atoms with van der Waals surface area (Å²) in [5.41, 5.74) is 3.36. The molecule has 0 aliphatic heterocycles. The molecule has 212 valence electrons. The van der Waals surface area contributed by atoms with Crippen LogP contribution in [0.5, 0.6) is 5.75 Å². The lowest BCUT2D eigenvalue weighted by molar-refractivity contribution is -0.185. The topological polar surface area (TPSA) is 46.2 Å². The Hall–Kier alpha value is -2.77. The van der Waals surface area contributed by atoms with Crippen LogP contribution < -0.4 is 4.74 Å². The van der Waals surface area contributed by atoms with E-state index in [-0.39, 0.29) is 23.9 Å². The van der Waals surface area contributed by atoms with Crippen LogP contribution in [-0.2, 0) is 38.4 Å². The molecule has 0 spiro atoms. The van der Waals surface area contributed by atoms with Crippen LogP contribution in [0.4, 0.5) is 4.39 Å². The van der Waals surface area contributed by atoms with E-state index < -0.39 is 6.29 Å². The van der Waals surface area contributed by atoms with Crippen molar-refractivity contribution in [1.82, 2.24) is 0 Å². The molecule has 3 aromatic carbocycles. The first kappa shape index (κ1) is 30.8. The quantitative estimate of drug-likeness (QED) is 0.163. The number of ether oxygens (including phenoxy) is 5. The van der Waals surface area contributed by atoms with E-state index in [0.717, 1.165) is 29.7 Å². The van der Waals surface area contributed by atoms with E-state index in [1.165, 1.54) is 17.7 Å². The van der Waals surface area contributed by atoms with E-state index in [1.807, 2.05) is 56.3 Å². The van der Waals surface area contributed by atoms with Gasteiger partial charge in [0.05, 0.1) is 32.5 Å². The number of hydrogen-bond donors (Lipinski definition) is 0. The standard InChI is InChI=1S/C33H43FO5/c1-5-36-33(37-6-2)24-39-32(21-16-26-10-8-7-9-11-26)31(22-27-12-17-29(34)18-13-27)25(3)38-23-28-14-19-30(35-4)20-15-28/h7-15,17-20,25,31-33H,5-6,16,21-24H2,1-4H3/t25-,31-,32+/m0/s1. The van der Waals surface area contributed by atoms with Gasteiger partial charge in [-0.05, 0) is 81.0 Å². The van der Waals surface area contributed by atoms with Crippen LogP contribution >= 0.6 is 0 Å². The van der Waals surface area contributed by atoms with Crippen LogP contribution in [0.1, 0.15) is 43.9 Å². The van der Waals surface area contributed by atoms with E-state index >= 15 is 0 Å². The molecule has 0 bridgehead atoms. The first-order valence-corrected chi connectivity index (χ1v) is 13.9. The van der Waals surface area contributed by atoms with Gasteiger partial charge in [-0.15, -0.1) is 0 Å². The van der Waals surface area contributed by atoms with E-state index in [4.69, 9.17) is 23.7 Å². The summed E-state index contributed by atoms with van der Waals surface area (Å²) < 4.78 is 43.5. The Morgan fingerprint density at radius 3 is 1.97 bits per heavy atom. The fourth-order valence-corrected chi connectivity index (χ4v) is 4.66. The number of methoxy groups -OCH3 is 1. The number of rotatable bonds is 18. The van der Waals surface area contributed by atoms with Gasteiger partial charge in [-0.3, -0.25) is 0 Å². The molecule has 0 unspecified atom stereocenters. The lowest BCUT2D eigenvalue weighted by Gasteiger charge is -2.33. The van der Waals surface area contributed by atoms with Gasteiger partial charge in [0, 0.05) is 19.1 Å². The monoisotopic (exact) mass is 538 g/mol. The summed E-state index contributed by atoms with van der Waals surface area (Å²) >= 11 is 0. The van der Waals surface area contributed by atoms with E-state index in [2.05, 4.69) is 31.2 Å². The Kier molecular flexibility index (Phi) is 13.4. The summed E-state index contributed by atoms with van der Waals surface area (Å²) in [7, 11) is 1.66. The first-order chi connectivity index (χ1) is 19.0. The maximum Gasteiger partial charge on any atom is 0.180 e. The molecule has 3 aromatic rings. The number of halogens is 1. The maximum absolute atomic E-state index is 13.7. The minimum absolute atomic E-state index is 0.0151. The third kappa shape index (κ3) is 10.7. The summed E-state index contributed by atoms with van der Waals surface area (Å²) in [6.45, 7) is 7.88. The highest BCUT2D eigenvalue weighted by Gasteiger charge is 2.30. The van der Waals surface area contributed by atoms with Crippen molar-refractivity contribution < 1.29 is 28.1 Å². The van der Waals surface area contributed by atoms with Gasteiger partial charge in [-0.25, -0.2) is 4.39 Å². The van der Waals surface area contributed by atoms with Gasteiger partial charge < -0.3 is 23.7 Å². The van der Waals surface area contributed by atoms with Crippen LogP contribution in [0.2, 0.25) is 0 Å².